The SMILES string of the molecule is CC1(C)C2=C(c3ccc(-c4ccccc4)c(-c4ccccc4)c31)C(n1c3ccccc3c3cc4ccccc4cc31)N=C(c1ccccc1)N2. The Bertz CT molecular complexity index is 2680. The van der Waals surface area contributed by atoms with Crippen molar-refractivity contribution in [1.82, 2.24) is 9.88 Å². The van der Waals surface area contributed by atoms with Crippen molar-refractivity contribution in [2.45, 2.75) is 25.4 Å². The Labute approximate surface area is 291 Å². The zero-order valence-corrected chi connectivity index (χ0v) is 28.1. The molecule has 0 saturated carbocycles. The zero-order valence-electron chi connectivity index (χ0n) is 28.1. The van der Waals surface area contributed by atoms with Crippen LogP contribution < -0.4 is 5.32 Å². The molecule has 1 atom stereocenters. The van der Waals surface area contributed by atoms with Gasteiger partial charge in [0.05, 0.1) is 11.0 Å². The van der Waals surface area contributed by atoms with Crippen LogP contribution in [-0.2, 0) is 5.41 Å². The lowest BCUT2D eigenvalue weighted by atomic mass is 9.77. The van der Waals surface area contributed by atoms with Crippen LogP contribution in [0.25, 0.3) is 60.4 Å². The Morgan fingerprint density at radius 3 is 1.84 bits per heavy atom. The van der Waals surface area contributed by atoms with Crippen LogP contribution in [0, 0.1) is 0 Å². The minimum Gasteiger partial charge on any atom is -0.342 e. The molecular weight excluding hydrogens is 607 g/mol. The topological polar surface area (TPSA) is 29.3 Å². The standard InChI is InChI=1S/C47H35N3/c1-47(2)43-37(27-26-35(30-16-6-3-7-17-30)41(43)31-18-8-4-9-19-31)42-44(47)48-45(32-20-10-5-11-21-32)49-46(42)50-39-25-15-14-24-36(39)38-28-33-22-12-13-23-34(33)29-40(38)50/h3-29,46H,1-2H3,(H,48,49). The van der Waals surface area contributed by atoms with Crippen LogP contribution in [0.3, 0.4) is 0 Å². The Morgan fingerprint density at radius 1 is 0.540 bits per heavy atom. The van der Waals surface area contributed by atoms with Crippen molar-refractivity contribution in [2.24, 2.45) is 4.99 Å². The average Bonchev–Trinajstić information content (AvgIpc) is 3.62. The Kier molecular flexibility index (Phi) is 6.28. The van der Waals surface area contributed by atoms with Crippen molar-refractivity contribution in [3.05, 3.63) is 186 Å². The van der Waals surface area contributed by atoms with E-state index in [4.69, 9.17) is 4.99 Å². The van der Waals surface area contributed by atoms with Crippen LogP contribution in [0.5, 0.6) is 0 Å². The molecule has 0 amide bonds. The summed E-state index contributed by atoms with van der Waals surface area (Å²) in [5.74, 6) is 0.895. The Balaban J connectivity index is 1.30. The molecule has 7 aromatic carbocycles. The van der Waals surface area contributed by atoms with Crippen molar-refractivity contribution in [3.63, 3.8) is 0 Å². The Hall–Kier alpha value is -6.19. The molecule has 238 valence electrons. The van der Waals surface area contributed by atoms with E-state index in [-0.39, 0.29) is 11.6 Å². The zero-order chi connectivity index (χ0) is 33.4. The van der Waals surface area contributed by atoms with Crippen LogP contribution in [0.4, 0.5) is 0 Å². The van der Waals surface area contributed by atoms with Gasteiger partial charge >= 0.3 is 0 Å². The molecule has 1 unspecified atom stereocenters. The van der Waals surface area contributed by atoms with Gasteiger partial charge in [0.15, 0.2) is 6.17 Å². The van der Waals surface area contributed by atoms with Gasteiger partial charge < -0.3 is 9.88 Å². The molecule has 0 fully saturated rings. The van der Waals surface area contributed by atoms with Crippen molar-refractivity contribution in [1.29, 1.82) is 0 Å². The van der Waals surface area contributed by atoms with E-state index in [0.29, 0.717) is 0 Å². The van der Waals surface area contributed by atoms with Gasteiger partial charge in [-0.05, 0) is 62.4 Å². The maximum Gasteiger partial charge on any atom is 0.156 e. The molecule has 0 saturated heterocycles. The molecule has 8 aromatic rings. The van der Waals surface area contributed by atoms with Crippen LogP contribution >= 0.6 is 0 Å². The number of hydrogen-bond donors (Lipinski definition) is 1. The molecule has 3 nitrogen and oxygen atoms in total. The fourth-order valence-corrected chi connectivity index (χ4v) is 8.54. The summed E-state index contributed by atoms with van der Waals surface area (Å²) in [5.41, 5.74) is 13.1. The molecule has 0 radical (unpaired) electrons. The monoisotopic (exact) mass is 641 g/mol. The first-order chi connectivity index (χ1) is 24.6. The first-order valence-corrected chi connectivity index (χ1v) is 17.4. The summed E-state index contributed by atoms with van der Waals surface area (Å²) >= 11 is 0. The number of nitrogens with one attached hydrogen (secondary N) is 1. The van der Waals surface area contributed by atoms with E-state index in [1.807, 2.05) is 0 Å². The molecule has 1 aliphatic heterocycles. The van der Waals surface area contributed by atoms with Crippen LogP contribution in [0.2, 0.25) is 0 Å². The maximum absolute atomic E-state index is 5.68. The van der Waals surface area contributed by atoms with Crippen LogP contribution in [0.1, 0.15) is 36.7 Å². The second kappa shape index (κ2) is 10.9. The van der Waals surface area contributed by atoms with Gasteiger partial charge in [-0.15, -0.1) is 0 Å². The van der Waals surface area contributed by atoms with E-state index in [1.54, 1.807) is 0 Å². The van der Waals surface area contributed by atoms with E-state index in [9.17, 15) is 0 Å². The normalized spacial score (nSPS) is 16.4. The third kappa shape index (κ3) is 4.20. The minimum atomic E-state index is -0.347. The predicted octanol–water partition coefficient (Wildman–Crippen LogP) is 11.5. The number of aliphatic imine (C=N–C) groups is 1. The predicted molar refractivity (Wildman–Crippen MR) is 209 cm³/mol. The first kappa shape index (κ1) is 28.8. The highest BCUT2D eigenvalue weighted by Crippen LogP contribution is 2.56. The van der Waals surface area contributed by atoms with Gasteiger partial charge in [0, 0.05) is 33.0 Å². The molecule has 2 heterocycles. The molecule has 1 aromatic heterocycles. The summed E-state index contributed by atoms with van der Waals surface area (Å²) in [6, 6.07) is 59.2. The average molecular weight is 642 g/mol. The highest BCUT2D eigenvalue weighted by atomic mass is 15.2. The van der Waals surface area contributed by atoms with E-state index in [2.05, 4.69) is 188 Å². The van der Waals surface area contributed by atoms with E-state index < -0.39 is 0 Å². The second-order valence-corrected chi connectivity index (χ2v) is 14.0. The van der Waals surface area contributed by atoms with Gasteiger partial charge in [-0.25, -0.2) is 4.99 Å². The summed E-state index contributed by atoms with van der Waals surface area (Å²) < 4.78 is 2.49. The quantitative estimate of drug-likeness (QED) is 0.204. The van der Waals surface area contributed by atoms with Gasteiger partial charge in [0.2, 0.25) is 0 Å². The van der Waals surface area contributed by atoms with Crippen molar-refractivity contribution < 1.29 is 0 Å². The van der Waals surface area contributed by atoms with Crippen molar-refractivity contribution >= 4 is 44.0 Å². The van der Waals surface area contributed by atoms with Gasteiger partial charge in [0.25, 0.3) is 0 Å². The highest BCUT2D eigenvalue weighted by molar-refractivity contribution is 6.14. The molecule has 1 aliphatic carbocycles. The van der Waals surface area contributed by atoms with E-state index >= 15 is 0 Å². The number of allylic oxidation sites excluding steroid dienone is 1. The molecule has 0 bridgehead atoms. The van der Waals surface area contributed by atoms with Crippen LogP contribution in [0.15, 0.2) is 174 Å². The number of amidine groups is 1. The molecule has 50 heavy (non-hydrogen) atoms. The third-order valence-electron chi connectivity index (χ3n) is 10.8. The summed E-state index contributed by atoms with van der Waals surface area (Å²) in [6.07, 6.45) is -0.295. The van der Waals surface area contributed by atoms with Gasteiger partial charge in [-0.1, -0.05) is 159 Å². The van der Waals surface area contributed by atoms with Crippen molar-refractivity contribution in [3.8, 4) is 22.3 Å². The maximum atomic E-state index is 5.68. The summed E-state index contributed by atoms with van der Waals surface area (Å²) in [7, 11) is 0. The molecule has 3 heteroatoms. The number of nitrogens with zero attached hydrogens (tertiary/aromatic N) is 2. The number of benzene rings is 7. The van der Waals surface area contributed by atoms with E-state index in [0.717, 1.165) is 11.4 Å². The first-order valence-electron chi connectivity index (χ1n) is 17.4. The lowest BCUT2D eigenvalue weighted by Gasteiger charge is -2.32. The lowest BCUT2D eigenvalue weighted by Crippen LogP contribution is -2.37. The molecular formula is C47H35N3. The molecule has 2 aliphatic rings. The highest BCUT2D eigenvalue weighted by Gasteiger charge is 2.46. The third-order valence-corrected chi connectivity index (χ3v) is 10.8. The molecule has 1 N–H and O–H groups in total. The smallest absolute Gasteiger partial charge is 0.156 e. The number of fused-ring (bicyclic) bond motifs is 6. The summed E-state index contributed by atoms with van der Waals surface area (Å²) in [6.45, 7) is 4.76. The number of hydrogen-bond acceptors (Lipinski definition) is 2. The summed E-state index contributed by atoms with van der Waals surface area (Å²) in [5, 5.41) is 8.90. The number of aromatic nitrogens is 1. The van der Waals surface area contributed by atoms with Gasteiger partial charge in [-0.3, -0.25) is 0 Å². The van der Waals surface area contributed by atoms with Gasteiger partial charge in [0.1, 0.15) is 5.84 Å². The fourth-order valence-electron chi connectivity index (χ4n) is 8.54. The minimum absolute atomic E-state index is 0.295. The van der Waals surface area contributed by atoms with Crippen LogP contribution in [-0.4, -0.2) is 10.4 Å². The second-order valence-electron chi connectivity index (χ2n) is 14.0. The fraction of sp³-hybridized carbons (Fsp3) is 0.0851. The van der Waals surface area contributed by atoms with Crippen molar-refractivity contribution in [2.75, 3.05) is 0 Å². The Morgan fingerprint density at radius 2 is 1.12 bits per heavy atom. The lowest BCUT2D eigenvalue weighted by molar-refractivity contribution is 0.593. The largest absolute Gasteiger partial charge is 0.342 e. The van der Waals surface area contributed by atoms with E-state index in [1.165, 1.54) is 77.2 Å². The number of para-hydroxylation sites is 1. The molecule has 0 spiro atoms. The summed E-state index contributed by atoms with van der Waals surface area (Å²) in [4.78, 5) is 5.68. The number of rotatable bonds is 4. The van der Waals surface area contributed by atoms with Gasteiger partial charge in [-0.2, -0.15) is 0 Å². The molecule has 10 rings (SSSR count).